The van der Waals surface area contributed by atoms with Crippen LogP contribution in [-0.4, -0.2) is 86.0 Å². The van der Waals surface area contributed by atoms with Crippen molar-refractivity contribution in [1.29, 1.82) is 0 Å². The summed E-state index contributed by atoms with van der Waals surface area (Å²) in [5.41, 5.74) is 0. The van der Waals surface area contributed by atoms with E-state index < -0.39 is 0 Å². The number of guanidine groups is 1. The Hall–Kier alpha value is -1.30. The molecule has 2 saturated carbocycles. The summed E-state index contributed by atoms with van der Waals surface area (Å²) in [5, 5.41) is 3.43. The van der Waals surface area contributed by atoms with E-state index in [9.17, 15) is 4.79 Å². The average Bonchev–Trinajstić information content (AvgIpc) is 3.25. The van der Waals surface area contributed by atoms with Crippen molar-refractivity contribution in [2.75, 3.05) is 53.4 Å². The Morgan fingerprint density at radius 2 is 1.92 bits per heavy atom. The zero-order valence-electron chi connectivity index (χ0n) is 16.2. The van der Waals surface area contributed by atoms with Gasteiger partial charge in [-0.25, -0.2) is 4.99 Å². The van der Waals surface area contributed by atoms with Gasteiger partial charge in [-0.1, -0.05) is 13.3 Å². The molecule has 0 radical (unpaired) electrons. The van der Waals surface area contributed by atoms with Crippen molar-refractivity contribution >= 4 is 11.9 Å². The van der Waals surface area contributed by atoms with E-state index in [0.29, 0.717) is 0 Å². The van der Waals surface area contributed by atoms with Crippen LogP contribution < -0.4 is 5.32 Å². The van der Waals surface area contributed by atoms with Crippen molar-refractivity contribution in [2.45, 2.75) is 45.1 Å². The summed E-state index contributed by atoms with van der Waals surface area (Å²) in [6, 6.07) is 0.834. The SMILES string of the molecule is CCCNC(=NCC(=O)N(C)C)N1CCN(C2CC3CCC2C3)CC1. The molecular formula is C19H35N5O. The largest absolute Gasteiger partial charge is 0.356 e. The van der Waals surface area contributed by atoms with E-state index in [1.807, 2.05) is 0 Å². The van der Waals surface area contributed by atoms with Crippen molar-refractivity contribution < 1.29 is 4.79 Å². The molecule has 3 unspecified atom stereocenters. The molecule has 1 N–H and O–H groups in total. The second-order valence-electron chi connectivity index (χ2n) is 8.12. The number of hydrogen-bond donors (Lipinski definition) is 1. The molecule has 1 amide bonds. The maximum Gasteiger partial charge on any atom is 0.243 e. The van der Waals surface area contributed by atoms with Crippen LogP contribution in [0.5, 0.6) is 0 Å². The van der Waals surface area contributed by atoms with E-state index in [2.05, 4.69) is 27.0 Å². The molecule has 1 heterocycles. The van der Waals surface area contributed by atoms with Gasteiger partial charge in [-0.3, -0.25) is 9.69 Å². The van der Waals surface area contributed by atoms with E-state index in [1.165, 1.54) is 25.7 Å². The predicted octanol–water partition coefficient (Wildman–Crippen LogP) is 1.24. The third-order valence-corrected chi connectivity index (χ3v) is 6.18. The Kier molecular flexibility index (Phi) is 6.20. The Balaban J connectivity index is 1.54. The molecule has 3 aliphatic rings. The van der Waals surface area contributed by atoms with Gasteiger partial charge in [0.1, 0.15) is 6.54 Å². The number of carbonyl (C=O) groups excluding carboxylic acids is 1. The van der Waals surface area contributed by atoms with Gasteiger partial charge >= 0.3 is 0 Å². The highest BCUT2D eigenvalue weighted by molar-refractivity contribution is 5.84. The second-order valence-corrected chi connectivity index (χ2v) is 8.12. The maximum atomic E-state index is 11.9. The third-order valence-electron chi connectivity index (χ3n) is 6.18. The van der Waals surface area contributed by atoms with Crippen LogP contribution in [0.3, 0.4) is 0 Å². The third kappa shape index (κ3) is 4.46. The lowest BCUT2D eigenvalue weighted by molar-refractivity contribution is -0.127. The minimum atomic E-state index is 0.0522. The smallest absolute Gasteiger partial charge is 0.243 e. The first kappa shape index (κ1) is 18.5. The van der Waals surface area contributed by atoms with E-state index in [1.54, 1.807) is 19.0 Å². The molecule has 2 aliphatic carbocycles. The van der Waals surface area contributed by atoms with Gasteiger partial charge in [-0.2, -0.15) is 0 Å². The van der Waals surface area contributed by atoms with Gasteiger partial charge < -0.3 is 15.1 Å². The fourth-order valence-corrected chi connectivity index (χ4v) is 4.71. The topological polar surface area (TPSA) is 51.2 Å². The van der Waals surface area contributed by atoms with Gasteiger partial charge in [-0.05, 0) is 37.5 Å². The first-order valence-electron chi connectivity index (χ1n) is 10.1. The van der Waals surface area contributed by atoms with Gasteiger partial charge in [0, 0.05) is 52.9 Å². The van der Waals surface area contributed by atoms with Gasteiger partial charge in [0.15, 0.2) is 5.96 Å². The Morgan fingerprint density at radius 3 is 2.48 bits per heavy atom. The molecular weight excluding hydrogens is 314 g/mol. The summed E-state index contributed by atoms with van der Waals surface area (Å²) in [7, 11) is 3.57. The number of rotatable bonds is 5. The number of carbonyl (C=O) groups is 1. The van der Waals surface area contributed by atoms with Crippen LogP contribution in [0.2, 0.25) is 0 Å². The fraction of sp³-hybridized carbons (Fsp3) is 0.895. The Morgan fingerprint density at radius 1 is 1.16 bits per heavy atom. The molecule has 1 aliphatic heterocycles. The molecule has 0 aromatic rings. The van der Waals surface area contributed by atoms with E-state index in [0.717, 1.165) is 63.0 Å². The van der Waals surface area contributed by atoms with Crippen molar-refractivity contribution in [3.63, 3.8) is 0 Å². The molecule has 1 saturated heterocycles. The molecule has 142 valence electrons. The van der Waals surface area contributed by atoms with Gasteiger partial charge in [0.05, 0.1) is 0 Å². The highest BCUT2D eigenvalue weighted by Gasteiger charge is 2.42. The molecule has 2 bridgehead atoms. The Labute approximate surface area is 152 Å². The molecule has 3 atom stereocenters. The number of nitrogens with one attached hydrogen (secondary N) is 1. The minimum Gasteiger partial charge on any atom is -0.356 e. The standard InChI is InChI=1S/C19H35N5O/c1-4-7-20-19(21-14-18(25)22(2)3)24-10-8-23(9-11-24)17-13-15-5-6-16(17)12-15/h15-17H,4-14H2,1-3H3,(H,20,21). The monoisotopic (exact) mass is 349 g/mol. The lowest BCUT2D eigenvalue weighted by Crippen LogP contribution is -2.55. The highest BCUT2D eigenvalue weighted by Crippen LogP contribution is 2.46. The summed E-state index contributed by atoms with van der Waals surface area (Å²) >= 11 is 0. The van der Waals surface area contributed by atoms with E-state index in [-0.39, 0.29) is 12.5 Å². The van der Waals surface area contributed by atoms with Crippen LogP contribution in [0.4, 0.5) is 0 Å². The zero-order valence-corrected chi connectivity index (χ0v) is 16.2. The molecule has 3 fully saturated rings. The lowest BCUT2D eigenvalue weighted by Gasteiger charge is -2.42. The first-order chi connectivity index (χ1) is 12.1. The molecule has 6 heteroatoms. The van der Waals surface area contributed by atoms with Crippen LogP contribution in [0.1, 0.15) is 39.0 Å². The molecule has 6 nitrogen and oxygen atoms in total. The fourth-order valence-electron chi connectivity index (χ4n) is 4.71. The van der Waals surface area contributed by atoms with Crippen molar-refractivity contribution in [3.05, 3.63) is 0 Å². The van der Waals surface area contributed by atoms with Crippen molar-refractivity contribution in [2.24, 2.45) is 16.8 Å². The van der Waals surface area contributed by atoms with Gasteiger partial charge in [0.25, 0.3) is 0 Å². The van der Waals surface area contributed by atoms with E-state index >= 15 is 0 Å². The molecule has 3 rings (SSSR count). The summed E-state index contributed by atoms with van der Waals surface area (Å²) in [6.07, 6.45) is 6.89. The van der Waals surface area contributed by atoms with Crippen LogP contribution in [0.25, 0.3) is 0 Å². The predicted molar refractivity (Wildman–Crippen MR) is 102 cm³/mol. The van der Waals surface area contributed by atoms with Gasteiger partial charge in [-0.15, -0.1) is 0 Å². The van der Waals surface area contributed by atoms with Crippen LogP contribution >= 0.6 is 0 Å². The maximum absolute atomic E-state index is 11.9. The number of aliphatic imine (C=N–C) groups is 1. The molecule has 0 aromatic carbocycles. The van der Waals surface area contributed by atoms with Crippen LogP contribution in [0.15, 0.2) is 4.99 Å². The normalized spacial score (nSPS) is 30.0. The highest BCUT2D eigenvalue weighted by atomic mass is 16.2. The summed E-state index contributed by atoms with van der Waals surface area (Å²) in [5.74, 6) is 2.93. The summed E-state index contributed by atoms with van der Waals surface area (Å²) in [4.78, 5) is 23.1. The quantitative estimate of drug-likeness (QED) is 0.599. The Bertz CT molecular complexity index is 484. The number of nitrogens with zero attached hydrogens (tertiary/aromatic N) is 4. The average molecular weight is 350 g/mol. The lowest BCUT2D eigenvalue weighted by atomic mass is 9.93. The minimum absolute atomic E-state index is 0.0522. The number of likely N-dealkylation sites (N-methyl/N-ethyl adjacent to an activating group) is 1. The summed E-state index contributed by atoms with van der Waals surface area (Å²) < 4.78 is 0. The number of fused-ring (bicyclic) bond motifs is 2. The molecule has 25 heavy (non-hydrogen) atoms. The van der Waals surface area contributed by atoms with Crippen molar-refractivity contribution in [1.82, 2.24) is 20.0 Å². The zero-order chi connectivity index (χ0) is 17.8. The summed E-state index contributed by atoms with van der Waals surface area (Å²) in [6.45, 7) is 7.57. The number of amides is 1. The molecule has 0 aromatic heterocycles. The van der Waals surface area contributed by atoms with Gasteiger partial charge in [0.2, 0.25) is 5.91 Å². The second kappa shape index (κ2) is 8.39. The first-order valence-corrected chi connectivity index (χ1v) is 10.1. The van der Waals surface area contributed by atoms with Crippen LogP contribution in [-0.2, 0) is 4.79 Å². The van der Waals surface area contributed by atoms with E-state index in [4.69, 9.17) is 0 Å². The van der Waals surface area contributed by atoms with Crippen molar-refractivity contribution in [3.8, 4) is 0 Å². The number of piperazine rings is 1. The van der Waals surface area contributed by atoms with Crippen LogP contribution in [0, 0.1) is 11.8 Å². The number of hydrogen-bond acceptors (Lipinski definition) is 3. The molecule has 0 spiro atoms.